The molecule has 6 aromatic rings. The maximum absolute atomic E-state index is 11.8. The number of nitrogens with one attached hydrogen (secondary N) is 1. The van der Waals surface area contributed by atoms with Crippen LogP contribution in [0.3, 0.4) is 0 Å². The van der Waals surface area contributed by atoms with E-state index in [2.05, 4.69) is 53.7 Å². The Bertz CT molecular complexity index is 1750. The third-order valence-corrected chi connectivity index (χ3v) is 6.82. The SMILES string of the molecule is CN(CCCNc1c2ccccc2nc2ccccc12)CCCOc1c2occc2cc2ccc(=O)oc12.Cl.Cl. The number of furan rings is 1. The average molecular weight is 581 g/mol. The molecule has 0 atom stereocenters. The number of anilines is 1. The van der Waals surface area contributed by atoms with Crippen LogP contribution in [0.2, 0.25) is 0 Å². The second-order valence-electron chi connectivity index (χ2n) is 9.52. The smallest absolute Gasteiger partial charge is 0.336 e. The van der Waals surface area contributed by atoms with Gasteiger partial charge in [-0.25, -0.2) is 9.78 Å². The predicted octanol–water partition coefficient (Wildman–Crippen LogP) is 7.29. The highest BCUT2D eigenvalue weighted by atomic mass is 35.5. The summed E-state index contributed by atoms with van der Waals surface area (Å²) in [5, 5.41) is 7.69. The summed E-state index contributed by atoms with van der Waals surface area (Å²) >= 11 is 0. The number of aromatic nitrogens is 1. The van der Waals surface area contributed by atoms with Crippen molar-refractivity contribution >= 4 is 74.2 Å². The maximum atomic E-state index is 11.8. The topological polar surface area (TPSA) is 80.7 Å². The fourth-order valence-corrected chi connectivity index (χ4v) is 4.95. The molecule has 0 amide bonds. The minimum Gasteiger partial charge on any atom is -0.486 e. The van der Waals surface area contributed by atoms with Crippen LogP contribution in [0.1, 0.15) is 12.8 Å². The Labute approximate surface area is 243 Å². The molecular weight excluding hydrogens is 549 g/mol. The second kappa shape index (κ2) is 13.0. The van der Waals surface area contributed by atoms with Crippen LogP contribution >= 0.6 is 24.8 Å². The molecular formula is C31H31Cl2N3O4. The van der Waals surface area contributed by atoms with Gasteiger partial charge < -0.3 is 23.8 Å². The van der Waals surface area contributed by atoms with Gasteiger partial charge in [-0.2, -0.15) is 0 Å². The van der Waals surface area contributed by atoms with E-state index in [0.29, 0.717) is 23.5 Å². The monoisotopic (exact) mass is 579 g/mol. The average Bonchev–Trinajstić information content (AvgIpc) is 3.41. The van der Waals surface area contributed by atoms with Gasteiger partial charge in [-0.05, 0) is 56.8 Å². The Morgan fingerprint density at radius 2 is 1.52 bits per heavy atom. The van der Waals surface area contributed by atoms with Gasteiger partial charge >= 0.3 is 5.63 Å². The molecule has 0 spiro atoms. The third-order valence-electron chi connectivity index (χ3n) is 6.82. The summed E-state index contributed by atoms with van der Waals surface area (Å²) in [4.78, 5) is 18.9. The second-order valence-corrected chi connectivity index (χ2v) is 9.52. The van der Waals surface area contributed by atoms with Gasteiger partial charge in [-0.3, -0.25) is 0 Å². The molecule has 40 heavy (non-hydrogen) atoms. The number of para-hydroxylation sites is 2. The van der Waals surface area contributed by atoms with E-state index in [1.165, 1.54) is 6.07 Å². The molecule has 0 aliphatic carbocycles. The summed E-state index contributed by atoms with van der Waals surface area (Å²) in [6, 6.07) is 23.5. The van der Waals surface area contributed by atoms with Crippen molar-refractivity contribution in [2.24, 2.45) is 0 Å². The lowest BCUT2D eigenvalue weighted by atomic mass is 10.1. The molecule has 3 aromatic heterocycles. The van der Waals surface area contributed by atoms with Gasteiger partial charge in [0.15, 0.2) is 11.2 Å². The first kappa shape index (κ1) is 29.2. The first-order valence-corrected chi connectivity index (χ1v) is 12.9. The van der Waals surface area contributed by atoms with Gasteiger partial charge in [-0.15, -0.1) is 24.8 Å². The number of ether oxygens (including phenoxy) is 1. The molecule has 3 aromatic carbocycles. The van der Waals surface area contributed by atoms with Crippen molar-refractivity contribution in [1.82, 2.24) is 9.88 Å². The summed E-state index contributed by atoms with van der Waals surface area (Å²) < 4.78 is 17.2. The van der Waals surface area contributed by atoms with E-state index in [1.54, 1.807) is 12.3 Å². The van der Waals surface area contributed by atoms with Crippen LogP contribution in [-0.4, -0.2) is 43.2 Å². The van der Waals surface area contributed by atoms with E-state index in [-0.39, 0.29) is 24.8 Å². The zero-order chi connectivity index (χ0) is 25.9. The number of pyridine rings is 1. The van der Waals surface area contributed by atoms with Crippen molar-refractivity contribution in [2.45, 2.75) is 12.8 Å². The normalized spacial score (nSPS) is 11.2. The largest absolute Gasteiger partial charge is 0.486 e. The predicted molar refractivity (Wildman–Crippen MR) is 167 cm³/mol. The number of hydrogen-bond donors (Lipinski definition) is 1. The van der Waals surface area contributed by atoms with Crippen molar-refractivity contribution in [2.75, 3.05) is 38.6 Å². The molecule has 0 radical (unpaired) electrons. The lowest BCUT2D eigenvalue weighted by Crippen LogP contribution is -2.24. The lowest BCUT2D eigenvalue weighted by molar-refractivity contribution is 0.261. The van der Waals surface area contributed by atoms with Crippen LogP contribution < -0.4 is 15.7 Å². The molecule has 1 N–H and O–H groups in total. The molecule has 0 aliphatic rings. The number of nitrogens with zero attached hydrogens (tertiary/aromatic N) is 2. The highest BCUT2D eigenvalue weighted by molar-refractivity contribution is 6.07. The number of hydrogen-bond acceptors (Lipinski definition) is 7. The molecule has 0 aliphatic heterocycles. The molecule has 0 saturated carbocycles. The molecule has 208 valence electrons. The van der Waals surface area contributed by atoms with Gasteiger partial charge in [0.05, 0.1) is 29.6 Å². The Morgan fingerprint density at radius 1 is 0.850 bits per heavy atom. The minimum atomic E-state index is -0.408. The quantitative estimate of drug-likeness (QED) is 0.104. The first-order chi connectivity index (χ1) is 18.7. The fraction of sp³-hybridized carbons (Fsp3) is 0.226. The van der Waals surface area contributed by atoms with E-state index in [0.717, 1.165) is 70.7 Å². The van der Waals surface area contributed by atoms with Gasteiger partial charge in [0, 0.05) is 40.7 Å². The Kier molecular flexibility index (Phi) is 9.53. The van der Waals surface area contributed by atoms with Gasteiger partial charge in [0.1, 0.15) is 0 Å². The van der Waals surface area contributed by atoms with Crippen molar-refractivity contribution in [3.05, 3.63) is 89.5 Å². The fourth-order valence-electron chi connectivity index (χ4n) is 4.95. The first-order valence-electron chi connectivity index (χ1n) is 12.9. The summed E-state index contributed by atoms with van der Waals surface area (Å²) in [5.41, 5.74) is 3.77. The summed E-state index contributed by atoms with van der Waals surface area (Å²) in [6.45, 7) is 3.20. The summed E-state index contributed by atoms with van der Waals surface area (Å²) in [7, 11) is 2.12. The van der Waals surface area contributed by atoms with Gasteiger partial charge in [-0.1, -0.05) is 36.4 Å². The molecule has 0 fully saturated rings. The summed E-state index contributed by atoms with van der Waals surface area (Å²) in [5.74, 6) is 0.490. The van der Waals surface area contributed by atoms with E-state index < -0.39 is 5.63 Å². The van der Waals surface area contributed by atoms with Crippen molar-refractivity contribution < 1.29 is 13.6 Å². The maximum Gasteiger partial charge on any atom is 0.336 e. The standard InChI is InChI=1S/C31H29N3O4.2ClH/c1-34(16-6-15-32-28-23-8-2-4-10-25(23)33-26-11-5-3-9-24(26)28)17-7-18-36-31-29-22(14-19-37-29)20-21-12-13-27(35)38-30(21)31;;/h2-5,8-14,19-20H,6-7,15-18H2,1H3,(H,32,33);2*1H. The molecule has 9 heteroatoms. The van der Waals surface area contributed by atoms with Crippen LogP contribution in [-0.2, 0) is 0 Å². The van der Waals surface area contributed by atoms with Gasteiger partial charge in [0.2, 0.25) is 5.75 Å². The molecule has 0 unspecified atom stereocenters. The Balaban J connectivity index is 0.00000185. The number of rotatable bonds is 10. The van der Waals surface area contributed by atoms with Crippen LogP contribution in [0.25, 0.3) is 43.7 Å². The van der Waals surface area contributed by atoms with E-state index >= 15 is 0 Å². The lowest BCUT2D eigenvalue weighted by Gasteiger charge is -2.18. The van der Waals surface area contributed by atoms with Crippen LogP contribution in [0.15, 0.2) is 92.7 Å². The van der Waals surface area contributed by atoms with Crippen LogP contribution in [0.5, 0.6) is 5.75 Å². The molecule has 0 saturated heterocycles. The van der Waals surface area contributed by atoms with E-state index in [1.807, 2.05) is 24.3 Å². The third kappa shape index (κ3) is 6.02. The van der Waals surface area contributed by atoms with E-state index in [9.17, 15) is 4.79 Å². The number of benzene rings is 3. The van der Waals surface area contributed by atoms with Gasteiger partial charge in [0.25, 0.3) is 0 Å². The Hall–Kier alpha value is -3.78. The van der Waals surface area contributed by atoms with E-state index in [4.69, 9.17) is 18.6 Å². The summed E-state index contributed by atoms with van der Waals surface area (Å²) in [6.07, 6.45) is 3.46. The minimum absolute atomic E-state index is 0. The zero-order valence-corrected chi connectivity index (χ0v) is 23.7. The highest BCUT2D eigenvalue weighted by Crippen LogP contribution is 2.35. The number of fused-ring (bicyclic) bond motifs is 4. The van der Waals surface area contributed by atoms with Crippen molar-refractivity contribution in [1.29, 1.82) is 0 Å². The van der Waals surface area contributed by atoms with Crippen molar-refractivity contribution in [3.8, 4) is 5.75 Å². The molecule has 3 heterocycles. The van der Waals surface area contributed by atoms with Crippen LogP contribution in [0.4, 0.5) is 5.69 Å². The zero-order valence-electron chi connectivity index (χ0n) is 22.1. The van der Waals surface area contributed by atoms with Crippen LogP contribution in [0, 0.1) is 0 Å². The number of halogens is 2. The van der Waals surface area contributed by atoms with Crippen molar-refractivity contribution in [3.63, 3.8) is 0 Å². The highest BCUT2D eigenvalue weighted by Gasteiger charge is 2.15. The Morgan fingerprint density at radius 3 is 2.27 bits per heavy atom. The molecule has 7 nitrogen and oxygen atoms in total. The molecule has 6 rings (SSSR count). The molecule has 0 bridgehead atoms.